The van der Waals surface area contributed by atoms with Crippen LogP contribution in [0.1, 0.15) is 11.1 Å². The summed E-state index contributed by atoms with van der Waals surface area (Å²) in [5, 5.41) is 17.7. The molecule has 3 aromatic rings. The minimum absolute atomic E-state index is 0.145. The van der Waals surface area contributed by atoms with Crippen LogP contribution in [-0.4, -0.2) is 59.3 Å². The van der Waals surface area contributed by atoms with E-state index in [1.807, 2.05) is 11.9 Å². The van der Waals surface area contributed by atoms with E-state index in [0.29, 0.717) is 17.9 Å². The predicted molar refractivity (Wildman–Crippen MR) is 129 cm³/mol. The van der Waals surface area contributed by atoms with Gasteiger partial charge in [-0.3, -0.25) is 15.2 Å². The fourth-order valence-electron chi connectivity index (χ4n) is 3.41. The third-order valence-electron chi connectivity index (χ3n) is 5.18. The summed E-state index contributed by atoms with van der Waals surface area (Å²) in [6.45, 7) is 0.529. The molecule has 13 heteroatoms. The topological polar surface area (TPSA) is 169 Å². The number of nitrogens with two attached hydrogens (primary N) is 2. The molecule has 0 saturated carbocycles. The van der Waals surface area contributed by atoms with E-state index in [9.17, 15) is 9.90 Å². The maximum Gasteiger partial charge on any atom is 0.263 e. The number of phenolic OH excluding ortho intramolecular Hbond substituents is 1. The zero-order chi connectivity index (χ0) is 26.7. The summed E-state index contributed by atoms with van der Waals surface area (Å²) in [6, 6.07) is 10.2. The van der Waals surface area contributed by atoms with Crippen LogP contribution in [0.2, 0.25) is 0 Å². The molecule has 0 bridgehead atoms. The Kier molecular flexibility index (Phi) is 7.04. The molecule has 1 aliphatic rings. The van der Waals surface area contributed by atoms with Crippen LogP contribution in [0.4, 0.5) is 8.78 Å². The largest absolute Gasteiger partial charge is 0.504 e. The number of amidine groups is 2. The number of likely N-dealkylation sites (N-methyl/N-ethyl adjacent to an activating group) is 1. The zero-order valence-corrected chi connectivity index (χ0v) is 19.5. The minimum Gasteiger partial charge on any atom is -0.504 e. The van der Waals surface area contributed by atoms with Gasteiger partial charge >= 0.3 is 0 Å². The Balaban J connectivity index is 1.74. The summed E-state index contributed by atoms with van der Waals surface area (Å²) in [6.07, 6.45) is 0. The number of primary amides is 1. The molecule has 0 unspecified atom stereocenters. The lowest BCUT2D eigenvalue weighted by Gasteiger charge is -2.16. The molecule has 0 radical (unpaired) electrons. The molecular formula is C24H22F2N6O5. The minimum atomic E-state index is -1.42. The van der Waals surface area contributed by atoms with Crippen molar-refractivity contribution in [1.29, 1.82) is 5.41 Å². The lowest BCUT2D eigenvalue weighted by molar-refractivity contribution is -0.120. The second-order valence-corrected chi connectivity index (χ2v) is 7.89. The quantitative estimate of drug-likeness (QED) is 0.250. The summed E-state index contributed by atoms with van der Waals surface area (Å²) < 4.78 is 46.3. The van der Waals surface area contributed by atoms with Crippen LogP contribution in [0.25, 0.3) is 0 Å². The summed E-state index contributed by atoms with van der Waals surface area (Å²) in [7, 11) is 1.88. The molecule has 0 spiro atoms. The molecule has 0 aliphatic carbocycles. The van der Waals surface area contributed by atoms with E-state index in [1.165, 1.54) is 18.2 Å². The number of nitrogen functional groups attached to an aromatic ring is 1. The average Bonchev–Trinajstić information content (AvgIpc) is 3.29. The van der Waals surface area contributed by atoms with Gasteiger partial charge in [0.1, 0.15) is 17.4 Å². The molecule has 0 atom stereocenters. The molecule has 37 heavy (non-hydrogen) atoms. The van der Waals surface area contributed by atoms with Crippen molar-refractivity contribution in [3.05, 3.63) is 65.2 Å². The van der Waals surface area contributed by atoms with Crippen LogP contribution >= 0.6 is 0 Å². The Morgan fingerprint density at radius 3 is 2.51 bits per heavy atom. The van der Waals surface area contributed by atoms with E-state index in [4.69, 9.17) is 31.1 Å². The molecular weight excluding hydrogens is 490 g/mol. The number of benzene rings is 2. The highest BCUT2D eigenvalue weighted by Gasteiger charge is 2.27. The second kappa shape index (κ2) is 10.4. The monoisotopic (exact) mass is 512 g/mol. The van der Waals surface area contributed by atoms with Gasteiger partial charge < -0.3 is 35.7 Å². The van der Waals surface area contributed by atoms with Gasteiger partial charge in [-0.05, 0) is 30.3 Å². The normalized spacial score (nSPS) is 12.7. The van der Waals surface area contributed by atoms with Crippen molar-refractivity contribution in [3.8, 4) is 34.8 Å². The van der Waals surface area contributed by atoms with Gasteiger partial charge in [-0.2, -0.15) is 13.8 Å². The van der Waals surface area contributed by atoms with Crippen molar-refractivity contribution in [2.24, 2.45) is 16.5 Å². The number of nitrogens with one attached hydrogen (secondary N) is 1. The van der Waals surface area contributed by atoms with E-state index < -0.39 is 47.4 Å². The summed E-state index contributed by atoms with van der Waals surface area (Å²) in [4.78, 5) is 21.3. The van der Waals surface area contributed by atoms with Crippen LogP contribution in [0.15, 0.2) is 47.5 Å². The summed E-state index contributed by atoms with van der Waals surface area (Å²) in [5.41, 5.74) is 11.4. The third kappa shape index (κ3) is 5.50. The van der Waals surface area contributed by atoms with Crippen molar-refractivity contribution >= 4 is 17.6 Å². The SMILES string of the molecule is CN1CCN=C1c1cccc(Oc2nc(Oc3cc(C(=N)N)ccc3O)c(F)c(OCC(N)=O)c2F)c1. The first kappa shape index (κ1) is 25.2. The molecule has 1 aliphatic heterocycles. The van der Waals surface area contributed by atoms with Gasteiger partial charge in [-0.25, -0.2) is 0 Å². The van der Waals surface area contributed by atoms with Crippen molar-refractivity contribution in [2.45, 2.75) is 0 Å². The standard InChI is InChI=1S/C24H22F2N6O5/c1-32-8-7-30-22(32)13-3-2-4-14(9-13)36-23-18(25)20(35-11-17(27)34)19(26)24(31-23)37-16-10-12(21(28)29)5-6-15(16)33/h2-6,9-10,33H,7-8,11H2,1H3,(H2,27,34)(H3,28,29). The van der Waals surface area contributed by atoms with Crippen LogP contribution in [0, 0.1) is 17.0 Å². The Morgan fingerprint density at radius 1 is 1.14 bits per heavy atom. The number of hydrogen-bond acceptors (Lipinski definition) is 9. The van der Waals surface area contributed by atoms with Crippen molar-refractivity contribution in [2.75, 3.05) is 26.7 Å². The smallest absolute Gasteiger partial charge is 0.263 e. The van der Waals surface area contributed by atoms with E-state index in [2.05, 4.69) is 9.98 Å². The molecule has 1 amide bonds. The summed E-state index contributed by atoms with van der Waals surface area (Å²) >= 11 is 0. The highest BCUT2D eigenvalue weighted by molar-refractivity contribution is 6.00. The maximum absolute atomic E-state index is 15.2. The number of carbonyl (C=O) groups is 1. The first-order valence-corrected chi connectivity index (χ1v) is 10.8. The first-order valence-electron chi connectivity index (χ1n) is 10.8. The number of phenols is 1. The van der Waals surface area contributed by atoms with Gasteiger partial charge in [0, 0.05) is 24.7 Å². The molecule has 1 aromatic heterocycles. The lowest BCUT2D eigenvalue weighted by Crippen LogP contribution is -2.23. The Labute approximate surface area is 209 Å². The number of rotatable bonds is 9. The van der Waals surface area contributed by atoms with E-state index in [1.54, 1.807) is 18.2 Å². The van der Waals surface area contributed by atoms with Crippen LogP contribution in [0.3, 0.4) is 0 Å². The Morgan fingerprint density at radius 2 is 1.86 bits per heavy atom. The predicted octanol–water partition coefficient (Wildman–Crippen LogP) is 2.49. The number of aromatic hydroxyl groups is 1. The zero-order valence-electron chi connectivity index (χ0n) is 19.5. The van der Waals surface area contributed by atoms with Crippen LogP contribution in [0.5, 0.6) is 34.8 Å². The van der Waals surface area contributed by atoms with Gasteiger partial charge in [0.25, 0.3) is 17.7 Å². The molecule has 11 nitrogen and oxygen atoms in total. The van der Waals surface area contributed by atoms with Crippen LogP contribution in [-0.2, 0) is 4.79 Å². The number of aromatic nitrogens is 1. The van der Waals surface area contributed by atoms with E-state index in [0.717, 1.165) is 12.6 Å². The number of aliphatic imine (C=N–C) groups is 1. The van der Waals surface area contributed by atoms with Gasteiger partial charge in [-0.1, -0.05) is 12.1 Å². The number of carbonyl (C=O) groups excluding carboxylic acids is 1. The highest BCUT2D eigenvalue weighted by atomic mass is 19.1. The summed E-state index contributed by atoms with van der Waals surface area (Å²) in [5.74, 6) is -6.63. The van der Waals surface area contributed by atoms with Crippen LogP contribution < -0.4 is 25.7 Å². The number of nitrogens with zero attached hydrogens (tertiary/aromatic N) is 3. The number of ether oxygens (including phenoxy) is 3. The number of halogens is 2. The van der Waals surface area contributed by atoms with E-state index >= 15 is 8.78 Å². The molecule has 4 rings (SSSR count). The second-order valence-electron chi connectivity index (χ2n) is 7.89. The van der Waals surface area contributed by atoms with Crippen molar-refractivity contribution in [3.63, 3.8) is 0 Å². The fourth-order valence-corrected chi connectivity index (χ4v) is 3.41. The third-order valence-corrected chi connectivity index (χ3v) is 5.18. The van der Waals surface area contributed by atoms with E-state index in [-0.39, 0.29) is 22.9 Å². The molecule has 2 aromatic carbocycles. The number of hydrogen-bond donors (Lipinski definition) is 4. The van der Waals surface area contributed by atoms with Crippen molar-refractivity contribution in [1.82, 2.24) is 9.88 Å². The lowest BCUT2D eigenvalue weighted by atomic mass is 10.2. The molecule has 192 valence electrons. The van der Waals surface area contributed by atoms with Gasteiger partial charge in [0.2, 0.25) is 17.4 Å². The molecule has 0 fully saturated rings. The molecule has 6 N–H and O–H groups in total. The number of pyridine rings is 1. The highest BCUT2D eigenvalue weighted by Crippen LogP contribution is 2.39. The fraction of sp³-hybridized carbons (Fsp3) is 0.167. The number of amides is 1. The Bertz CT molecular complexity index is 1410. The van der Waals surface area contributed by atoms with Gasteiger partial charge in [0.15, 0.2) is 18.1 Å². The van der Waals surface area contributed by atoms with Crippen molar-refractivity contribution < 1.29 is 32.9 Å². The molecule has 2 heterocycles. The maximum atomic E-state index is 15.2. The first-order chi connectivity index (χ1) is 17.6. The van der Waals surface area contributed by atoms with Gasteiger partial charge in [0.05, 0.1) is 6.54 Å². The Hall–Kier alpha value is -4.94. The van der Waals surface area contributed by atoms with Gasteiger partial charge in [-0.15, -0.1) is 0 Å². The average molecular weight is 512 g/mol. The molecule has 0 saturated heterocycles.